The molecule has 1 N–H and O–H groups in total. The van der Waals surface area contributed by atoms with Crippen LogP contribution in [0.25, 0.3) is 0 Å². The number of ether oxygens (including phenoxy) is 2. The quantitative estimate of drug-likeness (QED) is 0.662. The van der Waals surface area contributed by atoms with E-state index in [1.165, 1.54) is 26.5 Å². The number of para-hydroxylation sites is 1. The van der Waals surface area contributed by atoms with Gasteiger partial charge >= 0.3 is 6.18 Å². The highest BCUT2D eigenvalue weighted by atomic mass is 19.4. The molecule has 0 bridgehead atoms. The molecule has 0 saturated heterocycles. The highest BCUT2D eigenvalue weighted by Gasteiger charge is 2.30. The number of amides is 1. The van der Waals surface area contributed by atoms with E-state index in [1.807, 2.05) is 0 Å². The summed E-state index contributed by atoms with van der Waals surface area (Å²) in [7, 11) is 2.94. The first kappa shape index (κ1) is 18.3. The van der Waals surface area contributed by atoms with Crippen molar-refractivity contribution in [2.75, 3.05) is 14.2 Å². The second kappa shape index (κ2) is 7.69. The summed E-state index contributed by atoms with van der Waals surface area (Å²) in [6.07, 6.45) is -3.21. The van der Waals surface area contributed by atoms with Crippen molar-refractivity contribution in [3.8, 4) is 11.5 Å². The predicted molar refractivity (Wildman–Crippen MR) is 86.1 cm³/mol. The van der Waals surface area contributed by atoms with Crippen molar-refractivity contribution >= 4 is 12.1 Å². The molecule has 5 nitrogen and oxygen atoms in total. The minimum absolute atomic E-state index is 0.149. The molecule has 132 valence electrons. The molecule has 0 saturated carbocycles. The number of carbonyl (C=O) groups excluding carboxylic acids is 1. The monoisotopic (exact) mass is 352 g/mol. The minimum atomic E-state index is -4.52. The Morgan fingerprint density at radius 3 is 2.48 bits per heavy atom. The van der Waals surface area contributed by atoms with Gasteiger partial charge in [0.25, 0.3) is 5.91 Å². The average molecular weight is 352 g/mol. The van der Waals surface area contributed by atoms with E-state index in [0.717, 1.165) is 18.2 Å². The number of methoxy groups -OCH3 is 2. The summed E-state index contributed by atoms with van der Waals surface area (Å²) in [4.78, 5) is 11.9. The molecule has 0 aliphatic rings. The maximum Gasteiger partial charge on any atom is 0.416 e. The number of carbonyl (C=O) groups is 1. The van der Waals surface area contributed by atoms with E-state index in [2.05, 4.69) is 10.5 Å². The maximum atomic E-state index is 12.7. The van der Waals surface area contributed by atoms with Gasteiger partial charge in [-0.05, 0) is 30.3 Å². The van der Waals surface area contributed by atoms with Crippen LogP contribution in [-0.2, 0) is 6.18 Å². The van der Waals surface area contributed by atoms with E-state index >= 15 is 0 Å². The fraction of sp³-hybridized carbons (Fsp3) is 0.176. The molecule has 0 aliphatic carbocycles. The summed E-state index contributed by atoms with van der Waals surface area (Å²) in [5, 5.41) is 3.75. The molecule has 2 aromatic rings. The first-order chi connectivity index (χ1) is 11.9. The van der Waals surface area contributed by atoms with Gasteiger partial charge in [0.15, 0.2) is 11.5 Å². The molecule has 0 aliphatic heterocycles. The zero-order valence-electron chi connectivity index (χ0n) is 13.4. The topological polar surface area (TPSA) is 59.9 Å². The first-order valence-corrected chi connectivity index (χ1v) is 7.08. The molecular weight excluding hydrogens is 337 g/mol. The Morgan fingerprint density at radius 1 is 1.12 bits per heavy atom. The Labute approximate surface area is 142 Å². The third-order valence-electron chi connectivity index (χ3n) is 3.26. The summed E-state index contributed by atoms with van der Waals surface area (Å²) in [6, 6.07) is 9.16. The van der Waals surface area contributed by atoms with Crippen molar-refractivity contribution < 1.29 is 27.4 Å². The van der Waals surface area contributed by atoms with Gasteiger partial charge in [-0.15, -0.1) is 0 Å². The van der Waals surface area contributed by atoms with Gasteiger partial charge < -0.3 is 9.47 Å². The molecule has 2 rings (SSSR count). The molecule has 0 unspecified atom stereocenters. The van der Waals surface area contributed by atoms with Crippen LogP contribution in [0.2, 0.25) is 0 Å². The Kier molecular flexibility index (Phi) is 5.63. The van der Waals surface area contributed by atoms with Crippen molar-refractivity contribution in [3.05, 3.63) is 59.2 Å². The van der Waals surface area contributed by atoms with Crippen molar-refractivity contribution in [1.82, 2.24) is 5.43 Å². The van der Waals surface area contributed by atoms with E-state index < -0.39 is 17.6 Å². The van der Waals surface area contributed by atoms with E-state index in [-0.39, 0.29) is 5.56 Å². The molecule has 0 aromatic heterocycles. The average Bonchev–Trinajstić information content (AvgIpc) is 2.60. The predicted octanol–water partition coefficient (Wildman–Crippen LogP) is 3.49. The van der Waals surface area contributed by atoms with Gasteiger partial charge in [0, 0.05) is 11.1 Å². The summed E-state index contributed by atoms with van der Waals surface area (Å²) >= 11 is 0. The Morgan fingerprint density at radius 2 is 1.84 bits per heavy atom. The van der Waals surface area contributed by atoms with Crippen LogP contribution < -0.4 is 14.9 Å². The van der Waals surface area contributed by atoms with Gasteiger partial charge in [-0.2, -0.15) is 18.3 Å². The van der Waals surface area contributed by atoms with Gasteiger partial charge in [-0.1, -0.05) is 12.1 Å². The van der Waals surface area contributed by atoms with Gasteiger partial charge in [0.1, 0.15) is 0 Å². The van der Waals surface area contributed by atoms with Crippen LogP contribution in [0.3, 0.4) is 0 Å². The lowest BCUT2D eigenvalue weighted by molar-refractivity contribution is -0.137. The minimum Gasteiger partial charge on any atom is -0.493 e. The highest BCUT2D eigenvalue weighted by Crippen LogP contribution is 2.30. The molecule has 8 heteroatoms. The lowest BCUT2D eigenvalue weighted by atomic mass is 10.1. The Bertz CT molecular complexity index is 789. The van der Waals surface area contributed by atoms with Crippen LogP contribution in [0.4, 0.5) is 13.2 Å². The van der Waals surface area contributed by atoms with Crippen LogP contribution in [0, 0.1) is 0 Å². The van der Waals surface area contributed by atoms with Crippen LogP contribution in [0.1, 0.15) is 21.5 Å². The molecule has 0 fully saturated rings. The summed E-state index contributed by atoms with van der Waals surface area (Å²) in [5.41, 5.74) is 1.66. The number of alkyl halides is 3. The van der Waals surface area contributed by atoms with Crippen molar-refractivity contribution in [3.63, 3.8) is 0 Å². The smallest absolute Gasteiger partial charge is 0.416 e. The molecule has 2 aromatic carbocycles. The number of hydrogen-bond acceptors (Lipinski definition) is 4. The molecule has 25 heavy (non-hydrogen) atoms. The lowest BCUT2D eigenvalue weighted by Crippen LogP contribution is -2.18. The van der Waals surface area contributed by atoms with Crippen molar-refractivity contribution in [2.24, 2.45) is 5.10 Å². The SMILES string of the molecule is COc1cccc(/C=N\NC(=O)c2cccc(C(F)(F)F)c2)c1OC. The molecular formula is C17H15F3N2O3. The van der Waals surface area contributed by atoms with Gasteiger partial charge in [-0.25, -0.2) is 5.43 Å². The third-order valence-corrected chi connectivity index (χ3v) is 3.26. The molecule has 0 spiro atoms. The fourth-order valence-corrected chi connectivity index (χ4v) is 2.08. The van der Waals surface area contributed by atoms with Crippen LogP contribution in [0.5, 0.6) is 11.5 Å². The summed E-state index contributed by atoms with van der Waals surface area (Å²) < 4.78 is 48.4. The van der Waals surface area contributed by atoms with Crippen molar-refractivity contribution in [2.45, 2.75) is 6.18 Å². The Hall–Kier alpha value is -3.03. The molecule has 0 radical (unpaired) electrons. The second-order valence-electron chi connectivity index (χ2n) is 4.86. The number of rotatable bonds is 5. The van der Waals surface area contributed by atoms with Gasteiger partial charge in [-0.3, -0.25) is 4.79 Å². The van der Waals surface area contributed by atoms with E-state index in [1.54, 1.807) is 18.2 Å². The van der Waals surface area contributed by atoms with Crippen LogP contribution >= 0.6 is 0 Å². The standard InChI is InChI=1S/C17H15F3N2O3/c1-24-14-8-4-6-12(15(14)25-2)10-21-22-16(23)11-5-3-7-13(9-11)17(18,19)20/h3-10H,1-2H3,(H,22,23)/b21-10-. The zero-order chi connectivity index (χ0) is 18.4. The summed E-state index contributed by atoms with van der Waals surface area (Å²) in [6.45, 7) is 0. The first-order valence-electron chi connectivity index (χ1n) is 7.08. The summed E-state index contributed by atoms with van der Waals surface area (Å²) in [5.74, 6) is 0.141. The lowest BCUT2D eigenvalue weighted by Gasteiger charge is -2.09. The molecule has 1 amide bonds. The zero-order valence-corrected chi connectivity index (χ0v) is 13.4. The number of halogens is 3. The normalized spacial score (nSPS) is 11.4. The highest BCUT2D eigenvalue weighted by molar-refractivity contribution is 5.95. The van der Waals surface area contributed by atoms with Crippen molar-refractivity contribution in [1.29, 1.82) is 0 Å². The molecule has 0 atom stereocenters. The largest absolute Gasteiger partial charge is 0.493 e. The number of benzene rings is 2. The fourth-order valence-electron chi connectivity index (χ4n) is 2.08. The molecule has 0 heterocycles. The van der Waals surface area contributed by atoms with E-state index in [4.69, 9.17) is 9.47 Å². The second-order valence-corrected chi connectivity index (χ2v) is 4.86. The van der Waals surface area contributed by atoms with Gasteiger partial charge in [0.05, 0.1) is 26.0 Å². The number of hydrogen-bond donors (Lipinski definition) is 1. The number of nitrogens with one attached hydrogen (secondary N) is 1. The maximum absolute atomic E-state index is 12.7. The third kappa shape index (κ3) is 4.50. The number of nitrogens with zero attached hydrogens (tertiary/aromatic N) is 1. The Balaban J connectivity index is 2.14. The number of hydrazone groups is 1. The van der Waals surface area contributed by atoms with E-state index in [0.29, 0.717) is 17.1 Å². The van der Waals surface area contributed by atoms with Crippen LogP contribution in [-0.4, -0.2) is 26.3 Å². The van der Waals surface area contributed by atoms with Gasteiger partial charge in [0.2, 0.25) is 0 Å². The van der Waals surface area contributed by atoms with E-state index in [9.17, 15) is 18.0 Å². The van der Waals surface area contributed by atoms with Crippen LogP contribution in [0.15, 0.2) is 47.6 Å².